The van der Waals surface area contributed by atoms with E-state index in [4.69, 9.17) is 0 Å². The third-order valence-corrected chi connectivity index (χ3v) is 4.76. The lowest BCUT2D eigenvalue weighted by atomic mass is 10.1. The predicted molar refractivity (Wildman–Crippen MR) is 86.6 cm³/mol. The van der Waals surface area contributed by atoms with E-state index < -0.39 is 0 Å². The van der Waals surface area contributed by atoms with E-state index in [0.29, 0.717) is 6.04 Å². The zero-order chi connectivity index (χ0) is 14.5. The fourth-order valence-corrected chi connectivity index (χ4v) is 3.54. The molecular weight excluding hydrogens is 286 g/mol. The minimum Gasteiger partial charge on any atom is -0.310 e. The number of benzene rings is 1. The zero-order valence-electron chi connectivity index (χ0n) is 12.4. The number of rotatable bonds is 6. The molecule has 0 amide bonds. The third kappa shape index (κ3) is 4.30. The molecular formula is C15H21N3S2. The van der Waals surface area contributed by atoms with Crippen LogP contribution in [0.4, 0.5) is 0 Å². The Morgan fingerprint density at radius 1 is 1.35 bits per heavy atom. The van der Waals surface area contributed by atoms with Gasteiger partial charge in [0.2, 0.25) is 0 Å². The molecule has 1 N–H and O–H groups in total. The number of hydrogen-bond donors (Lipinski definition) is 1. The van der Waals surface area contributed by atoms with E-state index in [2.05, 4.69) is 60.6 Å². The molecule has 2 aromatic rings. The molecule has 0 spiro atoms. The Morgan fingerprint density at radius 2 is 2.15 bits per heavy atom. The van der Waals surface area contributed by atoms with Crippen molar-refractivity contribution < 1.29 is 0 Å². The molecule has 0 saturated carbocycles. The fraction of sp³-hybridized carbons (Fsp3) is 0.467. The monoisotopic (exact) mass is 307 g/mol. The van der Waals surface area contributed by atoms with Crippen LogP contribution >= 0.6 is 23.3 Å². The molecule has 0 aliphatic heterocycles. The lowest BCUT2D eigenvalue weighted by molar-refractivity contribution is 0.587. The van der Waals surface area contributed by atoms with Crippen LogP contribution in [0.2, 0.25) is 0 Å². The van der Waals surface area contributed by atoms with Gasteiger partial charge in [0, 0.05) is 23.9 Å². The fourth-order valence-electron chi connectivity index (χ4n) is 1.77. The highest BCUT2D eigenvalue weighted by Gasteiger charge is 2.06. The van der Waals surface area contributed by atoms with Crippen molar-refractivity contribution in [1.29, 1.82) is 0 Å². The molecule has 20 heavy (non-hydrogen) atoms. The van der Waals surface area contributed by atoms with E-state index in [1.54, 1.807) is 11.8 Å². The van der Waals surface area contributed by atoms with Gasteiger partial charge in [-0.3, -0.25) is 0 Å². The molecule has 0 saturated heterocycles. The summed E-state index contributed by atoms with van der Waals surface area (Å²) in [5.41, 5.74) is 2.68. The average Bonchev–Trinajstić information content (AvgIpc) is 2.85. The molecule has 3 nitrogen and oxygen atoms in total. The highest BCUT2D eigenvalue weighted by Crippen LogP contribution is 2.30. The van der Waals surface area contributed by atoms with Crippen molar-refractivity contribution >= 4 is 23.3 Å². The Labute approximate surface area is 129 Å². The Bertz CT molecular complexity index is 564. The van der Waals surface area contributed by atoms with E-state index in [0.717, 1.165) is 23.1 Å². The summed E-state index contributed by atoms with van der Waals surface area (Å²) in [5.74, 6) is 0.937. The lowest BCUT2D eigenvalue weighted by Gasteiger charge is -2.11. The van der Waals surface area contributed by atoms with Gasteiger partial charge >= 0.3 is 0 Å². The molecule has 0 bridgehead atoms. The zero-order valence-corrected chi connectivity index (χ0v) is 14.1. The number of aromatic nitrogens is 2. The summed E-state index contributed by atoms with van der Waals surface area (Å²) in [5, 5.41) is 3.46. The van der Waals surface area contributed by atoms with Crippen molar-refractivity contribution in [2.75, 3.05) is 0 Å². The summed E-state index contributed by atoms with van der Waals surface area (Å²) >= 11 is 3.18. The van der Waals surface area contributed by atoms with Gasteiger partial charge in [0.05, 0.1) is 0 Å². The largest absolute Gasteiger partial charge is 0.310 e. The van der Waals surface area contributed by atoms with E-state index in [1.165, 1.54) is 27.6 Å². The van der Waals surface area contributed by atoms with Gasteiger partial charge in [-0.2, -0.15) is 4.37 Å². The van der Waals surface area contributed by atoms with E-state index in [1.807, 2.05) is 0 Å². The van der Waals surface area contributed by atoms with Gasteiger partial charge in [-0.15, -0.1) is 0 Å². The van der Waals surface area contributed by atoms with Gasteiger partial charge in [0.15, 0.2) is 4.34 Å². The van der Waals surface area contributed by atoms with Crippen LogP contribution in [0.25, 0.3) is 0 Å². The molecule has 0 unspecified atom stereocenters. The van der Waals surface area contributed by atoms with Gasteiger partial charge in [-0.05, 0) is 41.7 Å². The highest BCUT2D eigenvalue weighted by atomic mass is 32.2. The Balaban J connectivity index is 2.04. The first-order valence-electron chi connectivity index (χ1n) is 6.91. The van der Waals surface area contributed by atoms with Crippen molar-refractivity contribution in [3.63, 3.8) is 0 Å². The number of nitrogens with zero attached hydrogens (tertiary/aromatic N) is 2. The Kier molecular flexibility index (Phi) is 5.57. The van der Waals surface area contributed by atoms with Crippen LogP contribution in [0.5, 0.6) is 0 Å². The first kappa shape index (κ1) is 15.5. The number of aryl methyl sites for hydroxylation is 2. The summed E-state index contributed by atoms with van der Waals surface area (Å²) in [6.45, 7) is 9.50. The molecule has 1 aromatic carbocycles. The summed E-state index contributed by atoms with van der Waals surface area (Å²) in [4.78, 5) is 5.72. The lowest BCUT2D eigenvalue weighted by Crippen LogP contribution is -2.22. The minimum absolute atomic E-state index is 0.511. The Morgan fingerprint density at radius 3 is 2.75 bits per heavy atom. The van der Waals surface area contributed by atoms with Crippen molar-refractivity contribution in [1.82, 2.24) is 14.7 Å². The maximum atomic E-state index is 4.49. The van der Waals surface area contributed by atoms with Gasteiger partial charge in [-0.25, -0.2) is 4.98 Å². The normalized spacial score (nSPS) is 11.2. The molecule has 1 aromatic heterocycles. The minimum atomic E-state index is 0.511. The van der Waals surface area contributed by atoms with E-state index in [9.17, 15) is 0 Å². The highest BCUT2D eigenvalue weighted by molar-refractivity contribution is 8.01. The molecule has 108 valence electrons. The maximum Gasteiger partial charge on any atom is 0.174 e. The Hall–Kier alpha value is -0.910. The molecule has 0 aliphatic rings. The van der Waals surface area contributed by atoms with Crippen LogP contribution < -0.4 is 5.32 Å². The summed E-state index contributed by atoms with van der Waals surface area (Å²) < 4.78 is 5.34. The van der Waals surface area contributed by atoms with Crippen molar-refractivity contribution in [3.8, 4) is 0 Å². The van der Waals surface area contributed by atoms with Crippen LogP contribution in [0.1, 0.15) is 37.7 Å². The quantitative estimate of drug-likeness (QED) is 0.873. The third-order valence-electron chi connectivity index (χ3n) is 2.99. The van der Waals surface area contributed by atoms with Crippen LogP contribution in [-0.4, -0.2) is 15.4 Å². The second kappa shape index (κ2) is 7.20. The maximum absolute atomic E-state index is 4.49. The van der Waals surface area contributed by atoms with Crippen molar-refractivity contribution in [2.24, 2.45) is 0 Å². The smallest absolute Gasteiger partial charge is 0.174 e. The first-order valence-corrected chi connectivity index (χ1v) is 8.50. The number of nitrogens with one attached hydrogen (secondary N) is 1. The molecule has 5 heteroatoms. The SMILES string of the molecule is CCc1nsc(Sc2ccc(CNC(C)C)c(C)c2)n1. The van der Waals surface area contributed by atoms with E-state index >= 15 is 0 Å². The van der Waals surface area contributed by atoms with Crippen LogP contribution in [0.3, 0.4) is 0 Å². The molecule has 2 rings (SSSR count). The summed E-state index contributed by atoms with van der Waals surface area (Å²) in [6, 6.07) is 7.11. The second-order valence-electron chi connectivity index (χ2n) is 5.06. The summed E-state index contributed by atoms with van der Waals surface area (Å²) in [6.07, 6.45) is 0.899. The molecule has 0 aliphatic carbocycles. The summed E-state index contributed by atoms with van der Waals surface area (Å²) in [7, 11) is 0. The van der Waals surface area contributed by atoms with E-state index in [-0.39, 0.29) is 0 Å². The topological polar surface area (TPSA) is 37.8 Å². The van der Waals surface area contributed by atoms with Gasteiger partial charge in [0.1, 0.15) is 5.82 Å². The molecule has 1 heterocycles. The average molecular weight is 307 g/mol. The second-order valence-corrected chi connectivity index (χ2v) is 7.13. The van der Waals surface area contributed by atoms with Gasteiger partial charge in [0.25, 0.3) is 0 Å². The van der Waals surface area contributed by atoms with Crippen molar-refractivity contribution in [3.05, 3.63) is 35.2 Å². The van der Waals surface area contributed by atoms with Gasteiger partial charge in [-0.1, -0.05) is 38.6 Å². The van der Waals surface area contributed by atoms with Crippen molar-refractivity contribution in [2.45, 2.75) is 55.9 Å². The standard InChI is InChI=1S/C15H21N3S2/c1-5-14-17-15(20-18-14)19-13-7-6-12(11(4)8-13)9-16-10(2)3/h6-8,10,16H,5,9H2,1-4H3. The number of hydrogen-bond acceptors (Lipinski definition) is 5. The molecule has 0 radical (unpaired) electrons. The molecule has 0 fully saturated rings. The van der Waals surface area contributed by atoms with Crippen LogP contribution in [0, 0.1) is 6.92 Å². The first-order chi connectivity index (χ1) is 9.58. The van der Waals surface area contributed by atoms with Crippen LogP contribution in [-0.2, 0) is 13.0 Å². The predicted octanol–water partition coefficient (Wildman–Crippen LogP) is 4.06. The molecule has 0 atom stereocenters. The van der Waals surface area contributed by atoms with Crippen LogP contribution in [0.15, 0.2) is 27.4 Å². The van der Waals surface area contributed by atoms with Gasteiger partial charge < -0.3 is 5.32 Å².